The second-order valence-electron chi connectivity index (χ2n) is 9.39. The third-order valence-electron chi connectivity index (χ3n) is 7.12. The second-order valence-corrected chi connectivity index (χ2v) is 9.39. The summed E-state index contributed by atoms with van der Waals surface area (Å²) in [6.45, 7) is 0.877. The number of rotatable bonds is 8. The number of benzene rings is 3. The summed E-state index contributed by atoms with van der Waals surface area (Å²) in [6.07, 6.45) is 0.947. The van der Waals surface area contributed by atoms with E-state index in [1.807, 2.05) is 12.1 Å². The van der Waals surface area contributed by atoms with Crippen LogP contribution in [0.3, 0.4) is 0 Å². The maximum atomic E-state index is 13.3. The first kappa shape index (κ1) is 26.1. The number of fused-ring (bicyclic) bond motifs is 1. The largest absolute Gasteiger partial charge is 0.493 e. The molecular formula is C30H28N2O7. The Labute approximate surface area is 225 Å². The van der Waals surface area contributed by atoms with Crippen molar-refractivity contribution in [3.63, 3.8) is 0 Å². The van der Waals surface area contributed by atoms with Gasteiger partial charge in [0.15, 0.2) is 23.9 Å². The van der Waals surface area contributed by atoms with Gasteiger partial charge in [0, 0.05) is 18.7 Å². The maximum Gasteiger partial charge on any atom is 0.338 e. The lowest BCUT2D eigenvalue weighted by molar-refractivity contribution is -0.123. The molecule has 0 aliphatic carbocycles. The van der Waals surface area contributed by atoms with Gasteiger partial charge in [-0.05, 0) is 60.0 Å². The molecule has 1 saturated heterocycles. The van der Waals surface area contributed by atoms with E-state index in [0.29, 0.717) is 35.8 Å². The lowest BCUT2D eigenvalue weighted by Crippen LogP contribution is -2.44. The number of carbonyl (C=O) groups is 4. The van der Waals surface area contributed by atoms with Gasteiger partial charge < -0.3 is 14.2 Å². The van der Waals surface area contributed by atoms with Gasteiger partial charge in [-0.15, -0.1) is 0 Å². The van der Waals surface area contributed by atoms with Crippen molar-refractivity contribution in [2.45, 2.75) is 25.4 Å². The lowest BCUT2D eigenvalue weighted by Gasteiger charge is -2.32. The fraction of sp³-hybridized carbons (Fsp3) is 0.267. The highest BCUT2D eigenvalue weighted by Crippen LogP contribution is 2.30. The summed E-state index contributed by atoms with van der Waals surface area (Å²) in [5, 5.41) is 0. The Kier molecular flexibility index (Phi) is 7.42. The highest BCUT2D eigenvalue weighted by molar-refractivity contribution is 6.22. The van der Waals surface area contributed by atoms with Crippen molar-refractivity contribution in [1.29, 1.82) is 0 Å². The SMILES string of the molecule is COc1ccc(C(=O)COC(=O)c2ccc(N3C(=O)CC(N4CCc5ccccc5C4)C3=O)cc2)cc1OC. The average molecular weight is 529 g/mol. The number of anilines is 1. The number of imide groups is 1. The van der Waals surface area contributed by atoms with E-state index in [1.54, 1.807) is 12.1 Å². The fourth-order valence-corrected chi connectivity index (χ4v) is 5.01. The van der Waals surface area contributed by atoms with Gasteiger partial charge in [0.25, 0.3) is 5.91 Å². The molecule has 2 amide bonds. The summed E-state index contributed by atoms with van der Waals surface area (Å²) in [5.74, 6) is -0.771. The maximum absolute atomic E-state index is 13.3. The predicted octanol–water partition coefficient (Wildman–Crippen LogP) is 3.43. The van der Waals surface area contributed by atoms with Crippen LogP contribution in [0.1, 0.15) is 38.3 Å². The molecule has 0 saturated carbocycles. The quantitative estimate of drug-likeness (QED) is 0.249. The van der Waals surface area contributed by atoms with Crippen LogP contribution in [0.5, 0.6) is 11.5 Å². The Morgan fingerprint density at radius 3 is 2.28 bits per heavy atom. The second kappa shape index (κ2) is 11.1. The molecule has 1 unspecified atom stereocenters. The van der Waals surface area contributed by atoms with E-state index in [1.165, 1.54) is 60.6 Å². The van der Waals surface area contributed by atoms with E-state index in [9.17, 15) is 19.2 Å². The zero-order valence-corrected chi connectivity index (χ0v) is 21.7. The first-order valence-electron chi connectivity index (χ1n) is 12.6. The van der Waals surface area contributed by atoms with E-state index in [2.05, 4.69) is 17.0 Å². The first-order chi connectivity index (χ1) is 18.9. The molecule has 0 radical (unpaired) electrons. The van der Waals surface area contributed by atoms with E-state index in [-0.39, 0.29) is 23.8 Å². The molecule has 2 aliphatic rings. The molecule has 2 heterocycles. The van der Waals surface area contributed by atoms with Gasteiger partial charge >= 0.3 is 5.97 Å². The van der Waals surface area contributed by atoms with Crippen LogP contribution in [-0.2, 0) is 27.3 Å². The van der Waals surface area contributed by atoms with Crippen LogP contribution in [0.15, 0.2) is 66.7 Å². The van der Waals surface area contributed by atoms with Gasteiger partial charge in [-0.2, -0.15) is 0 Å². The van der Waals surface area contributed by atoms with Crippen molar-refractivity contribution in [1.82, 2.24) is 4.90 Å². The van der Waals surface area contributed by atoms with E-state index < -0.39 is 24.4 Å². The molecule has 2 aliphatic heterocycles. The molecule has 0 aromatic heterocycles. The van der Waals surface area contributed by atoms with Gasteiger partial charge in [0.1, 0.15) is 0 Å². The van der Waals surface area contributed by atoms with Gasteiger partial charge in [0.05, 0.1) is 37.9 Å². The smallest absolute Gasteiger partial charge is 0.338 e. The summed E-state index contributed by atoms with van der Waals surface area (Å²) in [5.41, 5.74) is 3.35. The Morgan fingerprint density at radius 2 is 1.56 bits per heavy atom. The minimum absolute atomic E-state index is 0.114. The van der Waals surface area contributed by atoms with Crippen molar-refractivity contribution in [2.75, 3.05) is 32.3 Å². The van der Waals surface area contributed by atoms with Gasteiger partial charge in [-0.1, -0.05) is 24.3 Å². The number of Topliss-reactive ketones (excluding diaryl/α,β-unsaturated/α-hetero) is 1. The molecule has 1 atom stereocenters. The summed E-state index contributed by atoms with van der Waals surface area (Å²) >= 11 is 0. The molecular weight excluding hydrogens is 500 g/mol. The van der Waals surface area contributed by atoms with Crippen LogP contribution in [0, 0.1) is 0 Å². The van der Waals surface area contributed by atoms with E-state index in [4.69, 9.17) is 14.2 Å². The minimum atomic E-state index is -0.695. The van der Waals surface area contributed by atoms with Gasteiger partial charge in [0.2, 0.25) is 5.91 Å². The van der Waals surface area contributed by atoms with Crippen molar-refractivity contribution >= 4 is 29.3 Å². The molecule has 3 aromatic carbocycles. The molecule has 9 heteroatoms. The van der Waals surface area contributed by atoms with E-state index >= 15 is 0 Å². The number of ether oxygens (including phenoxy) is 3. The van der Waals surface area contributed by atoms with Crippen LogP contribution in [0.4, 0.5) is 5.69 Å². The zero-order chi connectivity index (χ0) is 27.5. The van der Waals surface area contributed by atoms with Crippen molar-refractivity contribution in [3.05, 3.63) is 89.0 Å². The predicted molar refractivity (Wildman–Crippen MR) is 142 cm³/mol. The molecule has 200 valence electrons. The van der Waals surface area contributed by atoms with Crippen molar-refractivity contribution in [3.8, 4) is 11.5 Å². The number of ketones is 1. The van der Waals surface area contributed by atoms with Gasteiger partial charge in [-0.3, -0.25) is 19.3 Å². The number of carbonyl (C=O) groups excluding carboxylic acids is 4. The van der Waals surface area contributed by atoms with Crippen molar-refractivity contribution < 1.29 is 33.4 Å². The minimum Gasteiger partial charge on any atom is -0.493 e. The van der Waals surface area contributed by atoms with Gasteiger partial charge in [-0.25, -0.2) is 9.69 Å². The molecule has 3 aromatic rings. The monoisotopic (exact) mass is 528 g/mol. The topological polar surface area (TPSA) is 102 Å². The highest BCUT2D eigenvalue weighted by Gasteiger charge is 2.43. The summed E-state index contributed by atoms with van der Waals surface area (Å²) < 4.78 is 15.6. The van der Waals surface area contributed by atoms with Crippen LogP contribution >= 0.6 is 0 Å². The lowest BCUT2D eigenvalue weighted by atomic mass is 9.98. The van der Waals surface area contributed by atoms with Crippen LogP contribution in [0.25, 0.3) is 0 Å². The molecule has 0 N–H and O–H groups in total. The molecule has 0 bridgehead atoms. The van der Waals surface area contributed by atoms with Crippen LogP contribution in [-0.4, -0.2) is 61.9 Å². The molecule has 5 rings (SSSR count). The summed E-state index contributed by atoms with van der Waals surface area (Å²) in [7, 11) is 2.96. The zero-order valence-electron chi connectivity index (χ0n) is 21.7. The Morgan fingerprint density at radius 1 is 0.872 bits per heavy atom. The van der Waals surface area contributed by atoms with Crippen LogP contribution in [0.2, 0.25) is 0 Å². The number of hydrogen-bond donors (Lipinski definition) is 0. The number of hydrogen-bond acceptors (Lipinski definition) is 8. The number of nitrogens with zero attached hydrogens (tertiary/aromatic N) is 2. The Hall–Kier alpha value is -4.50. The molecule has 39 heavy (non-hydrogen) atoms. The standard InChI is InChI=1S/C30H28N2O7/c1-37-26-12-9-21(15-27(26)38-2)25(33)18-39-30(36)20-7-10-23(11-8-20)32-28(34)16-24(29(32)35)31-14-13-19-5-3-4-6-22(19)17-31/h3-12,15,24H,13-14,16-18H2,1-2H3. The first-order valence-corrected chi connectivity index (χ1v) is 12.6. The third kappa shape index (κ3) is 5.26. The third-order valence-corrected chi connectivity index (χ3v) is 7.12. The summed E-state index contributed by atoms with van der Waals surface area (Å²) in [4.78, 5) is 54.4. The number of esters is 1. The number of methoxy groups -OCH3 is 2. The van der Waals surface area contributed by atoms with Crippen molar-refractivity contribution in [2.24, 2.45) is 0 Å². The Balaban J connectivity index is 1.21. The van der Waals surface area contributed by atoms with Crippen LogP contribution < -0.4 is 14.4 Å². The normalized spacial score (nSPS) is 17.1. The fourth-order valence-electron chi connectivity index (χ4n) is 5.01. The highest BCUT2D eigenvalue weighted by atomic mass is 16.5. The molecule has 9 nitrogen and oxygen atoms in total. The molecule has 0 spiro atoms. The summed E-state index contributed by atoms with van der Waals surface area (Å²) in [6, 6.07) is 18.3. The van der Waals surface area contributed by atoms with E-state index in [0.717, 1.165) is 6.42 Å². The molecule has 1 fully saturated rings. The Bertz CT molecular complexity index is 1430. The average Bonchev–Trinajstić information content (AvgIpc) is 3.28. The number of amides is 2.